The molecule has 0 aromatic rings. The van der Waals surface area contributed by atoms with Crippen LogP contribution in [0, 0.1) is 11.8 Å². The molecule has 0 aliphatic heterocycles. The van der Waals surface area contributed by atoms with Crippen LogP contribution in [0.5, 0.6) is 0 Å². The fourth-order valence-corrected chi connectivity index (χ4v) is 1.30. The maximum Gasteiger partial charge on any atom is 0.314 e. The minimum Gasteiger partial charge on any atom is -0.338 e. The second-order valence-corrected chi connectivity index (χ2v) is 3.65. The molecule has 0 rings (SSSR count). The molecule has 0 saturated heterocycles. The standard InChI is InChI=1S/C10H22N2O/c1-5-9(8(3)4)7-12-10(13)11-6-2/h8-9H,5-7H2,1-4H3,(H2,11,12,13). The Morgan fingerprint density at radius 2 is 1.85 bits per heavy atom. The summed E-state index contributed by atoms with van der Waals surface area (Å²) in [6.45, 7) is 9.91. The van der Waals surface area contributed by atoms with Gasteiger partial charge in [-0.3, -0.25) is 0 Å². The van der Waals surface area contributed by atoms with Crippen LogP contribution in [-0.4, -0.2) is 19.1 Å². The molecule has 1 atom stereocenters. The van der Waals surface area contributed by atoms with Crippen LogP contribution in [0.3, 0.4) is 0 Å². The number of urea groups is 1. The van der Waals surface area contributed by atoms with Gasteiger partial charge >= 0.3 is 6.03 Å². The van der Waals surface area contributed by atoms with Crippen LogP contribution in [0.15, 0.2) is 0 Å². The summed E-state index contributed by atoms with van der Waals surface area (Å²) < 4.78 is 0. The lowest BCUT2D eigenvalue weighted by Crippen LogP contribution is -2.38. The molecule has 0 spiro atoms. The second kappa shape index (κ2) is 6.75. The highest BCUT2D eigenvalue weighted by molar-refractivity contribution is 5.73. The lowest BCUT2D eigenvalue weighted by molar-refractivity contribution is 0.236. The van der Waals surface area contributed by atoms with E-state index in [4.69, 9.17) is 0 Å². The van der Waals surface area contributed by atoms with E-state index >= 15 is 0 Å². The third-order valence-corrected chi connectivity index (χ3v) is 2.33. The van der Waals surface area contributed by atoms with Crippen molar-refractivity contribution in [2.45, 2.75) is 34.1 Å². The Morgan fingerprint density at radius 1 is 1.23 bits per heavy atom. The topological polar surface area (TPSA) is 41.1 Å². The van der Waals surface area contributed by atoms with Gasteiger partial charge in [-0.1, -0.05) is 27.2 Å². The summed E-state index contributed by atoms with van der Waals surface area (Å²) in [6, 6.07) is -0.0541. The van der Waals surface area contributed by atoms with Crippen LogP contribution >= 0.6 is 0 Å². The predicted octanol–water partition coefficient (Wildman–Crippen LogP) is 1.99. The van der Waals surface area contributed by atoms with Gasteiger partial charge in [0.15, 0.2) is 0 Å². The average Bonchev–Trinajstić information content (AvgIpc) is 2.05. The van der Waals surface area contributed by atoms with Gasteiger partial charge in [-0.25, -0.2) is 4.79 Å². The number of carbonyl (C=O) groups is 1. The van der Waals surface area contributed by atoms with E-state index in [0.717, 1.165) is 13.0 Å². The maximum absolute atomic E-state index is 11.1. The molecule has 78 valence electrons. The van der Waals surface area contributed by atoms with Crippen LogP contribution in [0.25, 0.3) is 0 Å². The van der Waals surface area contributed by atoms with Gasteiger partial charge in [-0.05, 0) is 18.8 Å². The number of hydrogen-bond donors (Lipinski definition) is 2. The first kappa shape index (κ1) is 12.3. The van der Waals surface area contributed by atoms with Gasteiger partial charge in [0.2, 0.25) is 0 Å². The van der Waals surface area contributed by atoms with Crippen LogP contribution in [0.4, 0.5) is 4.79 Å². The summed E-state index contributed by atoms with van der Waals surface area (Å²) in [5.74, 6) is 1.22. The van der Waals surface area contributed by atoms with Crippen molar-refractivity contribution in [2.75, 3.05) is 13.1 Å². The van der Waals surface area contributed by atoms with Crippen LogP contribution in [-0.2, 0) is 0 Å². The highest BCUT2D eigenvalue weighted by Crippen LogP contribution is 2.12. The minimum atomic E-state index is -0.0541. The zero-order valence-corrected chi connectivity index (χ0v) is 9.18. The van der Waals surface area contributed by atoms with E-state index in [1.54, 1.807) is 0 Å². The molecular weight excluding hydrogens is 164 g/mol. The van der Waals surface area contributed by atoms with Gasteiger partial charge in [0, 0.05) is 13.1 Å². The Hall–Kier alpha value is -0.730. The van der Waals surface area contributed by atoms with Crippen molar-refractivity contribution in [1.29, 1.82) is 0 Å². The van der Waals surface area contributed by atoms with E-state index < -0.39 is 0 Å². The smallest absolute Gasteiger partial charge is 0.314 e. The summed E-state index contributed by atoms with van der Waals surface area (Å²) >= 11 is 0. The van der Waals surface area contributed by atoms with Crippen molar-refractivity contribution in [3.63, 3.8) is 0 Å². The molecular formula is C10H22N2O. The molecule has 0 heterocycles. The first-order valence-corrected chi connectivity index (χ1v) is 5.13. The summed E-state index contributed by atoms with van der Waals surface area (Å²) in [5.41, 5.74) is 0. The van der Waals surface area contributed by atoms with Crippen LogP contribution in [0.2, 0.25) is 0 Å². The number of amides is 2. The van der Waals surface area contributed by atoms with Gasteiger partial charge in [0.25, 0.3) is 0 Å². The summed E-state index contributed by atoms with van der Waals surface area (Å²) in [7, 11) is 0. The van der Waals surface area contributed by atoms with E-state index in [1.807, 2.05) is 6.92 Å². The summed E-state index contributed by atoms with van der Waals surface area (Å²) in [4.78, 5) is 11.1. The molecule has 3 nitrogen and oxygen atoms in total. The minimum absolute atomic E-state index is 0.0541. The van der Waals surface area contributed by atoms with Crippen molar-refractivity contribution in [3.8, 4) is 0 Å². The number of hydrogen-bond acceptors (Lipinski definition) is 1. The molecule has 0 aliphatic rings. The quantitative estimate of drug-likeness (QED) is 0.677. The van der Waals surface area contributed by atoms with Crippen LogP contribution < -0.4 is 10.6 Å². The molecule has 0 aromatic heterocycles. The lowest BCUT2D eigenvalue weighted by atomic mass is 9.93. The third kappa shape index (κ3) is 5.50. The largest absolute Gasteiger partial charge is 0.338 e. The van der Waals surface area contributed by atoms with Gasteiger partial charge in [0.05, 0.1) is 0 Å². The van der Waals surface area contributed by atoms with Gasteiger partial charge in [0.1, 0.15) is 0 Å². The van der Waals surface area contributed by atoms with Gasteiger partial charge in [-0.2, -0.15) is 0 Å². The molecule has 13 heavy (non-hydrogen) atoms. The first-order valence-electron chi connectivity index (χ1n) is 5.13. The van der Waals surface area contributed by atoms with Gasteiger partial charge in [-0.15, -0.1) is 0 Å². The molecule has 0 aliphatic carbocycles. The van der Waals surface area contributed by atoms with Crippen molar-refractivity contribution < 1.29 is 4.79 Å². The predicted molar refractivity (Wildman–Crippen MR) is 55.7 cm³/mol. The Morgan fingerprint density at radius 3 is 2.23 bits per heavy atom. The second-order valence-electron chi connectivity index (χ2n) is 3.65. The van der Waals surface area contributed by atoms with Crippen molar-refractivity contribution in [1.82, 2.24) is 10.6 Å². The maximum atomic E-state index is 11.1. The Bertz CT molecular complexity index is 146. The monoisotopic (exact) mass is 186 g/mol. The SMILES string of the molecule is CCNC(=O)NCC(CC)C(C)C. The highest BCUT2D eigenvalue weighted by atomic mass is 16.2. The Kier molecular flexibility index (Phi) is 6.37. The highest BCUT2D eigenvalue weighted by Gasteiger charge is 2.11. The summed E-state index contributed by atoms with van der Waals surface area (Å²) in [6.07, 6.45) is 1.12. The third-order valence-electron chi connectivity index (χ3n) is 2.33. The molecule has 2 N–H and O–H groups in total. The Balaban J connectivity index is 3.65. The molecule has 1 unspecified atom stereocenters. The van der Waals surface area contributed by atoms with Crippen molar-refractivity contribution in [3.05, 3.63) is 0 Å². The number of carbonyl (C=O) groups excluding carboxylic acids is 1. The fourth-order valence-electron chi connectivity index (χ4n) is 1.30. The first-order chi connectivity index (χ1) is 6.11. The lowest BCUT2D eigenvalue weighted by Gasteiger charge is -2.19. The van der Waals surface area contributed by atoms with Crippen molar-refractivity contribution in [2.24, 2.45) is 11.8 Å². The van der Waals surface area contributed by atoms with Crippen LogP contribution in [0.1, 0.15) is 34.1 Å². The molecule has 0 radical (unpaired) electrons. The van der Waals surface area contributed by atoms with E-state index in [0.29, 0.717) is 18.4 Å². The molecule has 0 fully saturated rings. The molecule has 0 saturated carbocycles. The molecule has 0 aromatic carbocycles. The fraction of sp³-hybridized carbons (Fsp3) is 0.900. The molecule has 0 bridgehead atoms. The summed E-state index contributed by atoms with van der Waals surface area (Å²) in [5, 5.41) is 5.58. The molecule has 2 amide bonds. The molecule has 3 heteroatoms. The van der Waals surface area contributed by atoms with E-state index in [2.05, 4.69) is 31.4 Å². The normalized spacial score (nSPS) is 12.7. The zero-order valence-electron chi connectivity index (χ0n) is 9.18. The zero-order chi connectivity index (χ0) is 10.3. The van der Waals surface area contributed by atoms with E-state index in [9.17, 15) is 4.79 Å². The average molecular weight is 186 g/mol. The van der Waals surface area contributed by atoms with Gasteiger partial charge < -0.3 is 10.6 Å². The number of nitrogens with one attached hydrogen (secondary N) is 2. The van der Waals surface area contributed by atoms with Crippen molar-refractivity contribution >= 4 is 6.03 Å². The van der Waals surface area contributed by atoms with E-state index in [-0.39, 0.29) is 6.03 Å². The Labute approximate surface area is 81.3 Å². The number of rotatable bonds is 5. The van der Waals surface area contributed by atoms with E-state index in [1.165, 1.54) is 0 Å².